The van der Waals surface area contributed by atoms with Crippen molar-refractivity contribution in [1.82, 2.24) is 14.9 Å². The zero-order valence-electron chi connectivity index (χ0n) is 14.9. The molecule has 2 aromatic carbocycles. The van der Waals surface area contributed by atoms with Crippen LogP contribution in [0, 0.1) is 0 Å². The Bertz CT molecular complexity index is 920. The molecule has 5 heteroatoms. The van der Waals surface area contributed by atoms with E-state index < -0.39 is 0 Å². The number of aromatic nitrogens is 2. The molecule has 3 rings (SSSR count). The van der Waals surface area contributed by atoms with Crippen molar-refractivity contribution in [1.29, 1.82) is 0 Å². The average molecular weight is 347 g/mol. The Balaban J connectivity index is 1.63. The Labute approximate surface area is 153 Å². The molecule has 26 heavy (non-hydrogen) atoms. The van der Waals surface area contributed by atoms with Crippen molar-refractivity contribution in [2.75, 3.05) is 13.7 Å². The van der Waals surface area contributed by atoms with Crippen LogP contribution in [-0.2, 0) is 11.3 Å². The minimum absolute atomic E-state index is 0.0890. The predicted octanol–water partition coefficient (Wildman–Crippen LogP) is 3.70. The number of para-hydroxylation sites is 2. The molecule has 0 bridgehead atoms. The fourth-order valence-electron chi connectivity index (χ4n) is 2.55. The molecule has 0 aliphatic rings. The van der Waals surface area contributed by atoms with E-state index in [9.17, 15) is 4.79 Å². The van der Waals surface area contributed by atoms with Gasteiger partial charge in [0.2, 0.25) is 5.91 Å². The van der Waals surface area contributed by atoms with Gasteiger partial charge in [-0.2, -0.15) is 0 Å². The molecule has 1 heterocycles. The smallest absolute Gasteiger partial charge is 0.246 e. The van der Waals surface area contributed by atoms with Gasteiger partial charge in [0, 0.05) is 19.7 Å². The lowest BCUT2D eigenvalue weighted by Gasteiger charge is -2.15. The molecule has 1 aromatic heterocycles. The zero-order valence-corrected chi connectivity index (χ0v) is 14.9. The summed E-state index contributed by atoms with van der Waals surface area (Å²) in [6.07, 6.45) is 4.88. The van der Waals surface area contributed by atoms with Crippen LogP contribution in [0.2, 0.25) is 0 Å². The minimum Gasteiger partial charge on any atom is -0.494 e. The predicted molar refractivity (Wildman–Crippen MR) is 103 cm³/mol. The lowest BCUT2D eigenvalue weighted by Crippen LogP contribution is -2.24. The molecule has 0 saturated carbocycles. The quantitative estimate of drug-likeness (QED) is 0.638. The Hall–Kier alpha value is -3.21. The molecule has 132 valence electrons. The molecule has 0 saturated heterocycles. The van der Waals surface area contributed by atoms with Crippen LogP contribution in [0.25, 0.3) is 17.1 Å². The lowest BCUT2D eigenvalue weighted by molar-refractivity contribution is -0.125. The molecule has 3 aromatic rings. The summed E-state index contributed by atoms with van der Waals surface area (Å²) in [7, 11) is 1.77. The van der Waals surface area contributed by atoms with Crippen LogP contribution in [0.15, 0.2) is 60.8 Å². The molecule has 0 N–H and O–H groups in total. The molecule has 0 aliphatic heterocycles. The first-order valence-electron chi connectivity index (χ1n) is 8.52. The van der Waals surface area contributed by atoms with E-state index in [-0.39, 0.29) is 5.91 Å². The van der Waals surface area contributed by atoms with Gasteiger partial charge in [-0.1, -0.05) is 24.3 Å². The van der Waals surface area contributed by atoms with E-state index in [1.54, 1.807) is 24.2 Å². The number of hydrogen-bond acceptors (Lipinski definition) is 4. The zero-order chi connectivity index (χ0) is 18.4. The maximum Gasteiger partial charge on any atom is 0.246 e. The second-order valence-electron chi connectivity index (χ2n) is 5.89. The van der Waals surface area contributed by atoms with E-state index in [0.717, 1.165) is 22.3 Å². The van der Waals surface area contributed by atoms with E-state index in [2.05, 4.69) is 9.97 Å². The van der Waals surface area contributed by atoms with Crippen LogP contribution in [0.1, 0.15) is 18.2 Å². The Kier molecular flexibility index (Phi) is 5.59. The van der Waals surface area contributed by atoms with Gasteiger partial charge in [-0.3, -0.25) is 9.78 Å². The topological polar surface area (TPSA) is 55.3 Å². The summed E-state index contributed by atoms with van der Waals surface area (Å²) >= 11 is 0. The molecule has 1 amide bonds. The fourth-order valence-corrected chi connectivity index (χ4v) is 2.55. The van der Waals surface area contributed by atoms with Gasteiger partial charge in [-0.25, -0.2) is 4.98 Å². The maximum absolute atomic E-state index is 12.3. The van der Waals surface area contributed by atoms with Gasteiger partial charge < -0.3 is 9.64 Å². The van der Waals surface area contributed by atoms with Crippen molar-refractivity contribution in [3.8, 4) is 5.75 Å². The Morgan fingerprint density at radius 2 is 1.85 bits per heavy atom. The number of likely N-dealkylation sites (N-methyl/N-ethyl adjacent to an activating group) is 1. The third-order valence-corrected chi connectivity index (χ3v) is 3.89. The van der Waals surface area contributed by atoms with Crippen LogP contribution in [-0.4, -0.2) is 34.4 Å². The highest BCUT2D eigenvalue weighted by atomic mass is 16.5. The average Bonchev–Trinajstić information content (AvgIpc) is 2.67. The van der Waals surface area contributed by atoms with Crippen LogP contribution in [0.4, 0.5) is 0 Å². The molecule has 0 radical (unpaired) electrons. The number of ether oxygens (including phenoxy) is 1. The first-order valence-corrected chi connectivity index (χ1v) is 8.52. The monoisotopic (exact) mass is 347 g/mol. The van der Waals surface area contributed by atoms with Gasteiger partial charge in [0.25, 0.3) is 0 Å². The summed E-state index contributed by atoms with van der Waals surface area (Å²) in [4.78, 5) is 22.8. The SMILES string of the molecule is CCOc1ccc(CN(C)C(=O)/C=C/c2cnc3ccccc3n2)cc1. The number of hydrogen-bond donors (Lipinski definition) is 0. The summed E-state index contributed by atoms with van der Waals surface area (Å²) in [5.74, 6) is 0.744. The molecule has 0 fully saturated rings. The van der Waals surface area contributed by atoms with Gasteiger partial charge in [0.05, 0.1) is 29.5 Å². The third kappa shape index (κ3) is 4.45. The number of nitrogens with zero attached hydrogens (tertiary/aromatic N) is 3. The second kappa shape index (κ2) is 8.25. The first kappa shape index (κ1) is 17.6. The Morgan fingerprint density at radius 1 is 1.12 bits per heavy atom. The van der Waals surface area contributed by atoms with Crippen molar-refractivity contribution in [2.45, 2.75) is 13.5 Å². The second-order valence-corrected chi connectivity index (χ2v) is 5.89. The minimum atomic E-state index is -0.0890. The van der Waals surface area contributed by atoms with Crippen LogP contribution < -0.4 is 4.74 Å². The largest absolute Gasteiger partial charge is 0.494 e. The highest BCUT2D eigenvalue weighted by Crippen LogP contribution is 2.14. The third-order valence-electron chi connectivity index (χ3n) is 3.89. The van der Waals surface area contributed by atoms with Gasteiger partial charge >= 0.3 is 0 Å². The number of carbonyl (C=O) groups excluding carboxylic acids is 1. The van der Waals surface area contributed by atoms with Gasteiger partial charge in [0.15, 0.2) is 0 Å². The highest BCUT2D eigenvalue weighted by molar-refractivity contribution is 5.91. The van der Waals surface area contributed by atoms with Crippen molar-refractivity contribution < 1.29 is 9.53 Å². The van der Waals surface area contributed by atoms with Gasteiger partial charge in [0.1, 0.15) is 5.75 Å². The molecule has 0 spiro atoms. The van der Waals surface area contributed by atoms with Crippen molar-refractivity contribution in [2.24, 2.45) is 0 Å². The van der Waals surface area contributed by atoms with Gasteiger partial charge in [-0.15, -0.1) is 0 Å². The highest BCUT2D eigenvalue weighted by Gasteiger charge is 2.06. The number of benzene rings is 2. The summed E-state index contributed by atoms with van der Waals surface area (Å²) < 4.78 is 5.43. The summed E-state index contributed by atoms with van der Waals surface area (Å²) in [6, 6.07) is 15.4. The molecule has 0 aliphatic carbocycles. The normalized spacial score (nSPS) is 11.0. The molecular formula is C21H21N3O2. The summed E-state index contributed by atoms with van der Waals surface area (Å²) in [5.41, 5.74) is 3.35. The van der Waals surface area contributed by atoms with E-state index in [4.69, 9.17) is 4.74 Å². The van der Waals surface area contributed by atoms with Gasteiger partial charge in [-0.05, 0) is 42.8 Å². The number of carbonyl (C=O) groups is 1. The van der Waals surface area contributed by atoms with E-state index in [1.807, 2.05) is 55.5 Å². The van der Waals surface area contributed by atoms with E-state index in [1.165, 1.54) is 6.08 Å². The lowest BCUT2D eigenvalue weighted by atomic mass is 10.2. The van der Waals surface area contributed by atoms with E-state index >= 15 is 0 Å². The number of amides is 1. The number of fused-ring (bicyclic) bond motifs is 1. The molecule has 0 unspecified atom stereocenters. The molecular weight excluding hydrogens is 326 g/mol. The molecule has 0 atom stereocenters. The number of rotatable bonds is 6. The first-order chi connectivity index (χ1) is 12.7. The molecule has 5 nitrogen and oxygen atoms in total. The standard InChI is InChI=1S/C21H21N3O2/c1-3-26-18-11-8-16(9-12-18)15-24(2)21(25)13-10-17-14-22-19-6-4-5-7-20(19)23-17/h4-14H,3,15H2,1-2H3/b13-10+. The Morgan fingerprint density at radius 3 is 2.58 bits per heavy atom. The van der Waals surface area contributed by atoms with E-state index in [0.29, 0.717) is 18.8 Å². The van der Waals surface area contributed by atoms with Crippen LogP contribution in [0.5, 0.6) is 5.75 Å². The fraction of sp³-hybridized carbons (Fsp3) is 0.190. The van der Waals surface area contributed by atoms with Crippen LogP contribution in [0.3, 0.4) is 0 Å². The van der Waals surface area contributed by atoms with Crippen molar-refractivity contribution in [3.05, 3.63) is 72.1 Å². The summed E-state index contributed by atoms with van der Waals surface area (Å²) in [6.45, 7) is 3.12. The van der Waals surface area contributed by atoms with Crippen molar-refractivity contribution in [3.63, 3.8) is 0 Å². The van der Waals surface area contributed by atoms with Crippen LogP contribution >= 0.6 is 0 Å². The van der Waals surface area contributed by atoms with Crippen molar-refractivity contribution >= 4 is 23.0 Å². The summed E-state index contributed by atoms with van der Waals surface area (Å²) in [5, 5.41) is 0. The maximum atomic E-state index is 12.3.